The molecule has 0 amide bonds. The first-order valence-electron chi connectivity index (χ1n) is 11.1. The summed E-state index contributed by atoms with van der Waals surface area (Å²) < 4.78 is 23.8. The fraction of sp³-hybridized carbons (Fsp3) is 0.333. The van der Waals surface area contributed by atoms with Gasteiger partial charge in [-0.3, -0.25) is 0 Å². The van der Waals surface area contributed by atoms with Gasteiger partial charge in [0.05, 0.1) is 26.4 Å². The average Bonchev–Trinajstić information content (AvgIpc) is 3.15. The summed E-state index contributed by atoms with van der Waals surface area (Å²) >= 11 is 0. The van der Waals surface area contributed by atoms with Crippen LogP contribution in [0.25, 0.3) is 0 Å². The van der Waals surface area contributed by atoms with E-state index in [2.05, 4.69) is 0 Å². The standard InChI is InChI=1S/C27H30O6/c28-24-26(32-18-22-14-8-3-9-15-22)25(33-27(24)29)23(31-17-21-12-6-2-7-13-21)19-30-16-20-10-4-1-5-11-20/h1-15,23-29H,16-19H2/t23-,24+,25+,26+,27+/m0/s1. The van der Waals surface area contributed by atoms with Crippen LogP contribution in [0.4, 0.5) is 0 Å². The minimum Gasteiger partial charge on any atom is -0.385 e. The quantitative estimate of drug-likeness (QED) is 0.466. The highest BCUT2D eigenvalue weighted by Gasteiger charge is 2.48. The molecule has 5 atom stereocenters. The van der Waals surface area contributed by atoms with Crippen LogP contribution in [0.5, 0.6) is 0 Å². The summed E-state index contributed by atoms with van der Waals surface area (Å²) in [5.74, 6) is 0. The first kappa shape index (κ1) is 23.6. The second-order valence-corrected chi connectivity index (χ2v) is 8.08. The molecule has 4 rings (SSSR count). The van der Waals surface area contributed by atoms with Gasteiger partial charge in [0, 0.05) is 0 Å². The van der Waals surface area contributed by atoms with Gasteiger partial charge in [-0.2, -0.15) is 0 Å². The zero-order valence-corrected chi connectivity index (χ0v) is 18.4. The van der Waals surface area contributed by atoms with Gasteiger partial charge in [-0.25, -0.2) is 0 Å². The number of ether oxygens (including phenoxy) is 4. The number of hydrogen-bond donors (Lipinski definition) is 2. The van der Waals surface area contributed by atoms with E-state index in [9.17, 15) is 10.2 Å². The summed E-state index contributed by atoms with van der Waals surface area (Å²) in [7, 11) is 0. The van der Waals surface area contributed by atoms with Gasteiger partial charge in [0.15, 0.2) is 6.29 Å². The molecule has 1 saturated heterocycles. The van der Waals surface area contributed by atoms with E-state index in [4.69, 9.17) is 18.9 Å². The van der Waals surface area contributed by atoms with Crippen molar-refractivity contribution in [3.63, 3.8) is 0 Å². The highest BCUT2D eigenvalue weighted by Crippen LogP contribution is 2.28. The second-order valence-electron chi connectivity index (χ2n) is 8.08. The first-order valence-corrected chi connectivity index (χ1v) is 11.1. The van der Waals surface area contributed by atoms with Crippen molar-refractivity contribution in [1.82, 2.24) is 0 Å². The van der Waals surface area contributed by atoms with Gasteiger partial charge in [-0.15, -0.1) is 0 Å². The van der Waals surface area contributed by atoms with Crippen molar-refractivity contribution in [2.75, 3.05) is 6.61 Å². The molecule has 0 spiro atoms. The Morgan fingerprint density at radius 2 is 1.21 bits per heavy atom. The fourth-order valence-electron chi connectivity index (χ4n) is 3.82. The molecule has 174 valence electrons. The van der Waals surface area contributed by atoms with Crippen molar-refractivity contribution in [1.29, 1.82) is 0 Å². The van der Waals surface area contributed by atoms with Crippen molar-refractivity contribution in [3.8, 4) is 0 Å². The van der Waals surface area contributed by atoms with Crippen molar-refractivity contribution in [2.45, 2.75) is 50.5 Å². The fourth-order valence-corrected chi connectivity index (χ4v) is 3.82. The normalized spacial score (nSPS) is 23.5. The third-order valence-electron chi connectivity index (χ3n) is 5.60. The van der Waals surface area contributed by atoms with E-state index < -0.39 is 30.7 Å². The van der Waals surface area contributed by atoms with Gasteiger partial charge in [-0.1, -0.05) is 91.0 Å². The Bertz CT molecular complexity index is 937. The van der Waals surface area contributed by atoms with Crippen LogP contribution >= 0.6 is 0 Å². The van der Waals surface area contributed by atoms with Crippen molar-refractivity contribution < 1.29 is 29.2 Å². The van der Waals surface area contributed by atoms with E-state index in [1.807, 2.05) is 91.0 Å². The monoisotopic (exact) mass is 450 g/mol. The van der Waals surface area contributed by atoms with Crippen LogP contribution in [0.3, 0.4) is 0 Å². The van der Waals surface area contributed by atoms with Crippen molar-refractivity contribution in [2.24, 2.45) is 0 Å². The minimum atomic E-state index is -1.35. The third kappa shape index (κ3) is 6.71. The van der Waals surface area contributed by atoms with E-state index in [0.717, 1.165) is 16.7 Å². The van der Waals surface area contributed by atoms with Crippen LogP contribution in [-0.2, 0) is 38.8 Å². The van der Waals surface area contributed by atoms with Crippen LogP contribution in [0.1, 0.15) is 16.7 Å². The lowest BCUT2D eigenvalue weighted by Gasteiger charge is -2.28. The lowest BCUT2D eigenvalue weighted by molar-refractivity contribution is -0.170. The maximum absolute atomic E-state index is 10.5. The molecular weight excluding hydrogens is 420 g/mol. The molecule has 1 aliphatic heterocycles. The van der Waals surface area contributed by atoms with Gasteiger partial charge in [0.2, 0.25) is 0 Å². The molecule has 0 unspecified atom stereocenters. The molecule has 2 N–H and O–H groups in total. The van der Waals surface area contributed by atoms with Crippen LogP contribution in [0.15, 0.2) is 91.0 Å². The second kappa shape index (κ2) is 12.0. The summed E-state index contributed by atoms with van der Waals surface area (Å²) in [5.41, 5.74) is 3.02. The minimum absolute atomic E-state index is 0.219. The zero-order valence-electron chi connectivity index (χ0n) is 18.4. The Labute approximate surface area is 194 Å². The predicted molar refractivity (Wildman–Crippen MR) is 123 cm³/mol. The molecule has 1 heterocycles. The van der Waals surface area contributed by atoms with Crippen molar-refractivity contribution in [3.05, 3.63) is 108 Å². The number of hydrogen-bond acceptors (Lipinski definition) is 6. The lowest BCUT2D eigenvalue weighted by Crippen LogP contribution is -2.44. The van der Waals surface area contributed by atoms with E-state index in [1.165, 1.54) is 0 Å². The van der Waals surface area contributed by atoms with Crippen LogP contribution in [-0.4, -0.2) is 47.5 Å². The number of rotatable bonds is 11. The maximum atomic E-state index is 10.5. The summed E-state index contributed by atoms with van der Waals surface area (Å²) in [6.07, 6.45) is -4.55. The highest BCUT2D eigenvalue weighted by atomic mass is 16.7. The predicted octanol–water partition coefficient (Wildman–Crippen LogP) is 3.45. The topological polar surface area (TPSA) is 77.4 Å². The van der Waals surface area contributed by atoms with Gasteiger partial charge in [-0.05, 0) is 16.7 Å². The zero-order chi connectivity index (χ0) is 22.9. The Morgan fingerprint density at radius 3 is 1.79 bits per heavy atom. The molecule has 0 bridgehead atoms. The Hall–Kier alpha value is -2.58. The van der Waals surface area contributed by atoms with E-state index in [0.29, 0.717) is 13.2 Å². The largest absolute Gasteiger partial charge is 0.385 e. The van der Waals surface area contributed by atoms with Gasteiger partial charge in [0.25, 0.3) is 0 Å². The summed E-state index contributed by atoms with van der Waals surface area (Å²) in [6, 6.07) is 29.3. The molecule has 0 aliphatic carbocycles. The van der Waals surface area contributed by atoms with E-state index in [-0.39, 0.29) is 13.2 Å². The molecule has 6 nitrogen and oxygen atoms in total. The molecule has 1 fully saturated rings. The third-order valence-corrected chi connectivity index (χ3v) is 5.60. The molecule has 0 aromatic heterocycles. The van der Waals surface area contributed by atoms with Crippen LogP contribution < -0.4 is 0 Å². The lowest BCUT2D eigenvalue weighted by atomic mass is 10.1. The highest BCUT2D eigenvalue weighted by molar-refractivity contribution is 5.15. The number of aliphatic hydroxyl groups excluding tert-OH is 2. The SMILES string of the molecule is O[C@@H]1[C@@H](OCc2ccccc2)[C@@H]([C@H](COCc2ccccc2)OCc2ccccc2)O[C@H]1O. The maximum Gasteiger partial charge on any atom is 0.184 e. The van der Waals surface area contributed by atoms with Crippen LogP contribution in [0.2, 0.25) is 0 Å². The molecule has 3 aromatic carbocycles. The molecule has 3 aromatic rings. The van der Waals surface area contributed by atoms with Crippen LogP contribution in [0, 0.1) is 0 Å². The summed E-state index contributed by atoms with van der Waals surface area (Å²) in [6.45, 7) is 1.26. The Morgan fingerprint density at radius 1 is 0.697 bits per heavy atom. The molecular formula is C27H30O6. The average molecular weight is 451 g/mol. The molecule has 33 heavy (non-hydrogen) atoms. The van der Waals surface area contributed by atoms with E-state index >= 15 is 0 Å². The smallest absolute Gasteiger partial charge is 0.184 e. The Kier molecular flexibility index (Phi) is 8.60. The number of aliphatic hydroxyl groups is 2. The van der Waals surface area contributed by atoms with E-state index in [1.54, 1.807) is 0 Å². The van der Waals surface area contributed by atoms with Gasteiger partial charge < -0.3 is 29.2 Å². The Balaban J connectivity index is 1.44. The summed E-state index contributed by atoms with van der Waals surface area (Å²) in [4.78, 5) is 0. The molecule has 0 saturated carbocycles. The molecule has 1 aliphatic rings. The summed E-state index contributed by atoms with van der Waals surface area (Å²) in [5, 5.41) is 20.8. The number of benzene rings is 3. The van der Waals surface area contributed by atoms with Crippen molar-refractivity contribution >= 4 is 0 Å². The molecule has 0 radical (unpaired) electrons. The molecule has 6 heteroatoms. The van der Waals surface area contributed by atoms with Gasteiger partial charge in [0.1, 0.15) is 24.4 Å². The van der Waals surface area contributed by atoms with Gasteiger partial charge >= 0.3 is 0 Å². The first-order chi connectivity index (χ1) is 16.2.